The van der Waals surface area contributed by atoms with E-state index >= 15 is 0 Å². The molecule has 3 N–H and O–H groups in total. The lowest BCUT2D eigenvalue weighted by Crippen LogP contribution is -2.60. The Hall–Kier alpha value is -3.35. The fourth-order valence-electron chi connectivity index (χ4n) is 4.18. The molecule has 0 heterocycles. The van der Waals surface area contributed by atoms with Crippen LogP contribution in [0.1, 0.15) is 65.0 Å². The highest BCUT2D eigenvalue weighted by Crippen LogP contribution is 2.44. The van der Waals surface area contributed by atoms with Gasteiger partial charge in [0.2, 0.25) is 5.91 Å². The number of aliphatic carboxylic acids is 1. The van der Waals surface area contributed by atoms with Crippen molar-refractivity contribution in [1.29, 1.82) is 0 Å². The molecule has 2 amide bonds. The predicted octanol–water partition coefficient (Wildman–Crippen LogP) is 4.95. The van der Waals surface area contributed by atoms with Crippen LogP contribution in [0, 0.1) is 10.8 Å². The van der Waals surface area contributed by atoms with Crippen LogP contribution in [0.3, 0.4) is 0 Å². The van der Waals surface area contributed by atoms with Crippen LogP contribution < -0.4 is 10.6 Å². The summed E-state index contributed by atoms with van der Waals surface area (Å²) in [4.78, 5) is 37.4. The molecule has 0 saturated carbocycles. The Morgan fingerprint density at radius 3 is 1.91 bits per heavy atom. The van der Waals surface area contributed by atoms with Gasteiger partial charge < -0.3 is 20.5 Å². The summed E-state index contributed by atoms with van der Waals surface area (Å²) >= 11 is 0. The molecule has 1 aliphatic carbocycles. The van der Waals surface area contributed by atoms with Crippen LogP contribution in [0.4, 0.5) is 4.79 Å². The first-order chi connectivity index (χ1) is 16.3. The zero-order valence-corrected chi connectivity index (χ0v) is 21.4. The molecule has 1 atom stereocenters. The largest absolute Gasteiger partial charge is 0.481 e. The van der Waals surface area contributed by atoms with Crippen molar-refractivity contribution < 1.29 is 24.2 Å². The molecule has 1 aliphatic rings. The third-order valence-electron chi connectivity index (χ3n) is 7.82. The van der Waals surface area contributed by atoms with Gasteiger partial charge in [-0.3, -0.25) is 9.59 Å². The number of carbonyl (C=O) groups is 3. The molecule has 0 fully saturated rings. The minimum absolute atomic E-state index is 0.00210. The molecular weight excluding hydrogens is 444 g/mol. The molecule has 0 spiro atoms. The van der Waals surface area contributed by atoms with Gasteiger partial charge in [-0.1, -0.05) is 55.5 Å². The second-order valence-electron chi connectivity index (χ2n) is 10.6. The van der Waals surface area contributed by atoms with E-state index in [0.29, 0.717) is 6.42 Å². The van der Waals surface area contributed by atoms with Crippen molar-refractivity contribution in [2.75, 3.05) is 13.2 Å². The number of amides is 2. The van der Waals surface area contributed by atoms with Crippen LogP contribution in [-0.4, -0.2) is 41.8 Å². The first kappa shape index (κ1) is 26.3. The van der Waals surface area contributed by atoms with Gasteiger partial charge in [0.05, 0.1) is 16.4 Å². The number of hydrogen-bond donors (Lipinski definition) is 3. The number of nitrogens with one attached hydrogen (secondary N) is 2. The van der Waals surface area contributed by atoms with E-state index in [9.17, 15) is 19.5 Å². The maximum absolute atomic E-state index is 13.0. The molecule has 35 heavy (non-hydrogen) atoms. The van der Waals surface area contributed by atoms with Gasteiger partial charge in [0.15, 0.2) is 0 Å². The number of alkyl carbamates (subject to hydrolysis) is 1. The smallest absolute Gasteiger partial charge is 0.407 e. The minimum Gasteiger partial charge on any atom is -0.481 e. The van der Waals surface area contributed by atoms with Crippen LogP contribution in [0.25, 0.3) is 11.1 Å². The number of ether oxygens (including phenoxy) is 1. The molecule has 0 saturated heterocycles. The van der Waals surface area contributed by atoms with Crippen molar-refractivity contribution in [2.24, 2.45) is 10.8 Å². The number of rotatable bonds is 9. The lowest BCUT2D eigenvalue weighted by Gasteiger charge is -2.41. The van der Waals surface area contributed by atoms with Gasteiger partial charge in [-0.2, -0.15) is 0 Å². The van der Waals surface area contributed by atoms with Crippen molar-refractivity contribution in [3.8, 4) is 11.1 Å². The molecule has 7 heteroatoms. The van der Waals surface area contributed by atoms with Crippen molar-refractivity contribution >= 4 is 18.0 Å². The third-order valence-corrected chi connectivity index (χ3v) is 7.82. The van der Waals surface area contributed by atoms with Crippen LogP contribution in [0.5, 0.6) is 0 Å². The fraction of sp³-hybridized carbons (Fsp3) is 0.464. The number of carboxylic acid groups (broad SMARTS) is 1. The summed E-state index contributed by atoms with van der Waals surface area (Å²) < 4.78 is 5.65. The van der Waals surface area contributed by atoms with Gasteiger partial charge in [0, 0.05) is 12.5 Å². The number of carbonyl (C=O) groups excluding carboxylic acids is 2. The lowest BCUT2D eigenvalue weighted by molar-refractivity contribution is -0.148. The summed E-state index contributed by atoms with van der Waals surface area (Å²) in [6.45, 7) is 10.5. The molecule has 2 aromatic rings. The van der Waals surface area contributed by atoms with Crippen LogP contribution >= 0.6 is 0 Å². The summed E-state index contributed by atoms with van der Waals surface area (Å²) in [5.74, 6) is -1.37. The first-order valence-corrected chi connectivity index (χ1v) is 12.0. The van der Waals surface area contributed by atoms with Crippen LogP contribution in [-0.2, 0) is 14.3 Å². The Bertz CT molecular complexity index is 1080. The fourth-order valence-corrected chi connectivity index (χ4v) is 4.18. The molecule has 0 radical (unpaired) electrons. The quantitative estimate of drug-likeness (QED) is 0.471. The molecule has 7 nitrogen and oxygen atoms in total. The maximum atomic E-state index is 13.0. The third kappa shape index (κ3) is 5.04. The van der Waals surface area contributed by atoms with Gasteiger partial charge in [0.25, 0.3) is 0 Å². The Balaban J connectivity index is 1.65. The molecule has 0 aromatic heterocycles. The van der Waals surface area contributed by atoms with Gasteiger partial charge in [-0.25, -0.2) is 4.79 Å². The van der Waals surface area contributed by atoms with Crippen molar-refractivity contribution in [3.05, 3.63) is 59.7 Å². The van der Waals surface area contributed by atoms with Crippen molar-refractivity contribution in [3.63, 3.8) is 0 Å². The molecule has 2 aromatic carbocycles. The number of carboxylic acids is 1. The van der Waals surface area contributed by atoms with Crippen molar-refractivity contribution in [2.45, 2.75) is 59.4 Å². The van der Waals surface area contributed by atoms with Gasteiger partial charge >= 0.3 is 12.1 Å². The molecule has 3 rings (SSSR count). The van der Waals surface area contributed by atoms with Gasteiger partial charge in [-0.15, -0.1) is 0 Å². The van der Waals surface area contributed by atoms with Gasteiger partial charge in [0.1, 0.15) is 6.61 Å². The Morgan fingerprint density at radius 2 is 1.43 bits per heavy atom. The molecular formula is C28H36N2O5. The monoisotopic (exact) mass is 480 g/mol. The lowest BCUT2D eigenvalue weighted by atomic mass is 9.73. The van der Waals surface area contributed by atoms with E-state index in [1.54, 1.807) is 41.5 Å². The maximum Gasteiger partial charge on any atom is 0.407 e. The zero-order valence-electron chi connectivity index (χ0n) is 21.4. The molecule has 0 aliphatic heterocycles. The highest BCUT2D eigenvalue weighted by Gasteiger charge is 2.45. The highest BCUT2D eigenvalue weighted by atomic mass is 16.5. The van der Waals surface area contributed by atoms with E-state index < -0.39 is 28.4 Å². The number of hydrogen-bond acceptors (Lipinski definition) is 4. The van der Waals surface area contributed by atoms with E-state index in [1.807, 2.05) is 24.3 Å². The standard InChI is InChI=1S/C28H36N2O5/c1-7-28(6,24(32)33)17-29-23(31)26(2,3)27(4,5)30-25(34)35-16-22-20-14-10-8-12-18(20)19-13-9-11-15-21(19)22/h8-15,22H,7,16-17H2,1-6H3,(H,29,31)(H,30,34)(H,32,33). The highest BCUT2D eigenvalue weighted by molar-refractivity contribution is 5.85. The summed E-state index contributed by atoms with van der Waals surface area (Å²) in [6.07, 6.45) is -0.230. The summed E-state index contributed by atoms with van der Waals surface area (Å²) in [5, 5.41) is 15.1. The Kier molecular flexibility index (Phi) is 7.29. The Labute approximate surface area is 207 Å². The average molecular weight is 481 g/mol. The van der Waals surface area contributed by atoms with Gasteiger partial charge in [-0.05, 0) is 63.3 Å². The average Bonchev–Trinajstić information content (AvgIpc) is 3.14. The van der Waals surface area contributed by atoms with E-state index in [-0.39, 0.29) is 25.0 Å². The predicted molar refractivity (Wildman–Crippen MR) is 135 cm³/mol. The second-order valence-corrected chi connectivity index (χ2v) is 10.6. The first-order valence-electron chi connectivity index (χ1n) is 12.0. The summed E-state index contributed by atoms with van der Waals surface area (Å²) in [6, 6.07) is 16.2. The SMILES string of the molecule is CCC(C)(CNC(=O)C(C)(C)C(C)(C)NC(=O)OCC1c2ccccc2-c2ccccc21)C(=O)O. The minimum atomic E-state index is -1.06. The second kappa shape index (κ2) is 9.72. The van der Waals surface area contributed by atoms with E-state index in [2.05, 4.69) is 34.9 Å². The molecule has 188 valence electrons. The topological polar surface area (TPSA) is 105 Å². The van der Waals surface area contributed by atoms with E-state index in [0.717, 1.165) is 22.3 Å². The summed E-state index contributed by atoms with van der Waals surface area (Å²) in [7, 11) is 0. The Morgan fingerprint density at radius 1 is 0.914 bits per heavy atom. The van der Waals surface area contributed by atoms with E-state index in [4.69, 9.17) is 4.74 Å². The normalized spacial score (nSPS) is 14.9. The number of fused-ring (bicyclic) bond motifs is 3. The summed E-state index contributed by atoms with van der Waals surface area (Å²) in [5.41, 5.74) is 1.48. The number of benzene rings is 2. The zero-order chi connectivity index (χ0) is 26.0. The van der Waals surface area contributed by atoms with E-state index in [1.165, 1.54) is 0 Å². The molecule has 1 unspecified atom stereocenters. The molecule has 0 bridgehead atoms. The van der Waals surface area contributed by atoms with Crippen molar-refractivity contribution in [1.82, 2.24) is 10.6 Å². The van der Waals surface area contributed by atoms with Crippen LogP contribution in [0.15, 0.2) is 48.5 Å². The van der Waals surface area contributed by atoms with Crippen LogP contribution in [0.2, 0.25) is 0 Å².